The average molecular weight is 562 g/mol. The van der Waals surface area contributed by atoms with Crippen LogP contribution in [0.4, 0.5) is 4.39 Å². The number of amides is 3. The Kier molecular flexibility index (Phi) is 9.73. The van der Waals surface area contributed by atoms with E-state index in [0.717, 1.165) is 75.3 Å². The van der Waals surface area contributed by atoms with E-state index in [0.29, 0.717) is 31.1 Å². The van der Waals surface area contributed by atoms with Crippen molar-refractivity contribution in [3.8, 4) is 0 Å². The summed E-state index contributed by atoms with van der Waals surface area (Å²) in [7, 11) is 0. The lowest BCUT2D eigenvalue weighted by atomic mass is 9.86. The summed E-state index contributed by atoms with van der Waals surface area (Å²) >= 11 is 0. The topological polar surface area (TPSA) is 69.7 Å². The van der Waals surface area contributed by atoms with E-state index in [4.69, 9.17) is 0 Å². The molecule has 2 aromatic carbocycles. The number of benzene rings is 2. The highest BCUT2D eigenvalue weighted by molar-refractivity contribution is 5.94. The van der Waals surface area contributed by atoms with Crippen molar-refractivity contribution in [2.24, 2.45) is 11.8 Å². The first-order chi connectivity index (χ1) is 19.9. The molecule has 1 saturated heterocycles. The molecule has 0 radical (unpaired) electrons. The first-order valence-corrected chi connectivity index (χ1v) is 15.6. The van der Waals surface area contributed by atoms with E-state index in [9.17, 15) is 18.8 Å². The van der Waals surface area contributed by atoms with E-state index < -0.39 is 0 Å². The minimum atomic E-state index is -0.357. The summed E-state index contributed by atoms with van der Waals surface area (Å²) in [5, 5.41) is 3.29. The number of likely N-dealkylation sites (tertiary alicyclic amines) is 1. The number of hydrogen-bond donors (Lipinski definition) is 1. The second kappa shape index (κ2) is 13.6. The van der Waals surface area contributed by atoms with Crippen molar-refractivity contribution in [3.05, 3.63) is 71.0 Å². The molecule has 220 valence electrons. The number of piperidine rings is 1. The molecular weight excluding hydrogens is 517 g/mol. The maximum absolute atomic E-state index is 13.6. The summed E-state index contributed by atoms with van der Waals surface area (Å²) in [6.07, 6.45) is 10.3. The Balaban J connectivity index is 1.14. The number of hydrogen-bond acceptors (Lipinski definition) is 3. The lowest BCUT2D eigenvalue weighted by Crippen LogP contribution is -2.49. The zero-order chi connectivity index (χ0) is 28.8. The number of carbonyl (C=O) groups excluding carboxylic acids is 3. The van der Waals surface area contributed by atoms with E-state index in [1.807, 2.05) is 34.9 Å². The summed E-state index contributed by atoms with van der Waals surface area (Å²) in [6.45, 7) is 3.90. The number of aryl methyl sites for hydroxylation is 1. The van der Waals surface area contributed by atoms with Gasteiger partial charge in [-0.25, -0.2) is 4.39 Å². The van der Waals surface area contributed by atoms with Crippen molar-refractivity contribution < 1.29 is 18.8 Å². The van der Waals surface area contributed by atoms with Gasteiger partial charge in [-0.05, 0) is 88.1 Å². The zero-order valence-corrected chi connectivity index (χ0v) is 24.3. The highest BCUT2D eigenvalue weighted by Crippen LogP contribution is 2.29. The SMILES string of the molecule is Cc1cccc(CN(C(=O)c2ccc(F)cc2)C2CCC(NC(=O)C3CCN(C(=O)C4CCCCC4)CC3)CC2)c1. The second-order valence-electron chi connectivity index (χ2n) is 12.4. The first-order valence-electron chi connectivity index (χ1n) is 15.6. The third-order valence-corrected chi connectivity index (χ3v) is 9.40. The van der Waals surface area contributed by atoms with E-state index in [2.05, 4.69) is 11.4 Å². The quantitative estimate of drug-likeness (QED) is 0.449. The number of halogens is 1. The number of carbonyl (C=O) groups is 3. The van der Waals surface area contributed by atoms with Gasteiger partial charge in [-0.15, -0.1) is 0 Å². The summed E-state index contributed by atoms with van der Waals surface area (Å²) in [6, 6.07) is 14.1. The van der Waals surface area contributed by atoms with Crippen molar-refractivity contribution in [2.75, 3.05) is 13.1 Å². The fourth-order valence-corrected chi connectivity index (χ4v) is 6.95. The van der Waals surface area contributed by atoms with Crippen molar-refractivity contribution >= 4 is 17.7 Å². The smallest absolute Gasteiger partial charge is 0.254 e. The van der Waals surface area contributed by atoms with Crippen LogP contribution in [0.25, 0.3) is 0 Å². The molecule has 0 spiro atoms. The predicted octanol–water partition coefficient (Wildman–Crippen LogP) is 6.02. The number of rotatable bonds is 7. The Hall–Kier alpha value is -3.22. The molecule has 3 fully saturated rings. The minimum Gasteiger partial charge on any atom is -0.353 e. The van der Waals surface area contributed by atoms with Crippen LogP contribution >= 0.6 is 0 Å². The first kappa shape index (κ1) is 29.3. The monoisotopic (exact) mass is 561 g/mol. The molecule has 1 N–H and O–H groups in total. The summed E-state index contributed by atoms with van der Waals surface area (Å²) in [5.74, 6) is 0.105. The normalized spacial score (nSPS) is 22.2. The Morgan fingerprint density at radius 1 is 0.854 bits per heavy atom. The second-order valence-corrected chi connectivity index (χ2v) is 12.4. The Bertz CT molecular complexity index is 1190. The van der Waals surface area contributed by atoms with Crippen LogP contribution in [-0.4, -0.2) is 52.7 Å². The molecule has 3 amide bonds. The fourth-order valence-electron chi connectivity index (χ4n) is 6.95. The van der Waals surface area contributed by atoms with Gasteiger partial charge in [0.05, 0.1) is 0 Å². The molecule has 2 aliphatic carbocycles. The Labute approximate surface area is 243 Å². The molecule has 0 aromatic heterocycles. The van der Waals surface area contributed by atoms with Crippen LogP contribution in [0.2, 0.25) is 0 Å². The maximum atomic E-state index is 13.6. The average Bonchev–Trinajstić information content (AvgIpc) is 3.00. The molecule has 3 aliphatic rings. The summed E-state index contributed by atoms with van der Waals surface area (Å²) in [5.41, 5.74) is 2.71. The molecular formula is C34H44FN3O3. The molecule has 1 heterocycles. The van der Waals surface area contributed by atoms with Crippen molar-refractivity contribution in [1.29, 1.82) is 0 Å². The predicted molar refractivity (Wildman–Crippen MR) is 158 cm³/mol. The van der Waals surface area contributed by atoms with E-state index in [1.165, 1.54) is 18.6 Å². The Morgan fingerprint density at radius 2 is 1.54 bits per heavy atom. The highest BCUT2D eigenvalue weighted by atomic mass is 19.1. The van der Waals surface area contributed by atoms with Gasteiger partial charge in [-0.1, -0.05) is 49.1 Å². The maximum Gasteiger partial charge on any atom is 0.254 e. The van der Waals surface area contributed by atoms with E-state index in [1.54, 1.807) is 12.1 Å². The minimum absolute atomic E-state index is 0.0407. The van der Waals surface area contributed by atoms with Gasteiger partial charge in [0.15, 0.2) is 0 Å². The van der Waals surface area contributed by atoms with Gasteiger partial charge >= 0.3 is 0 Å². The fraction of sp³-hybridized carbons (Fsp3) is 0.559. The molecule has 0 bridgehead atoms. The standard InChI is InChI=1S/C34H44FN3O3/c1-24-6-5-7-25(22-24)23-38(34(41)28-10-12-29(35)13-11-28)31-16-14-30(15-17-31)36-32(39)26-18-20-37(21-19-26)33(40)27-8-3-2-4-9-27/h5-7,10-13,22,26-27,30-31H,2-4,8-9,14-21,23H2,1H3,(H,36,39). The van der Waals surface area contributed by atoms with Gasteiger partial charge in [0.1, 0.15) is 5.82 Å². The number of nitrogens with one attached hydrogen (secondary N) is 1. The summed E-state index contributed by atoms with van der Waals surface area (Å²) < 4.78 is 13.5. The van der Waals surface area contributed by atoms with E-state index >= 15 is 0 Å². The van der Waals surface area contributed by atoms with Crippen LogP contribution < -0.4 is 5.32 Å². The molecule has 0 atom stereocenters. The highest BCUT2D eigenvalue weighted by Gasteiger charge is 2.34. The van der Waals surface area contributed by atoms with Crippen LogP contribution in [0.15, 0.2) is 48.5 Å². The molecule has 2 aromatic rings. The number of nitrogens with zero attached hydrogens (tertiary/aromatic N) is 2. The van der Waals surface area contributed by atoms with Gasteiger partial charge < -0.3 is 15.1 Å². The van der Waals surface area contributed by atoms with Gasteiger partial charge in [0.2, 0.25) is 11.8 Å². The van der Waals surface area contributed by atoms with Gasteiger partial charge in [-0.3, -0.25) is 14.4 Å². The van der Waals surface area contributed by atoms with Crippen LogP contribution in [-0.2, 0) is 16.1 Å². The van der Waals surface area contributed by atoms with Crippen molar-refractivity contribution in [2.45, 2.75) is 96.2 Å². The summed E-state index contributed by atoms with van der Waals surface area (Å²) in [4.78, 5) is 43.6. The van der Waals surface area contributed by atoms with Crippen molar-refractivity contribution in [1.82, 2.24) is 15.1 Å². The third-order valence-electron chi connectivity index (χ3n) is 9.40. The van der Waals surface area contributed by atoms with Crippen LogP contribution in [0, 0.1) is 24.6 Å². The van der Waals surface area contributed by atoms with Crippen molar-refractivity contribution in [3.63, 3.8) is 0 Å². The zero-order valence-electron chi connectivity index (χ0n) is 24.3. The van der Waals surface area contributed by atoms with Gasteiger partial charge in [0, 0.05) is 49.1 Å². The van der Waals surface area contributed by atoms with Crippen LogP contribution in [0.1, 0.15) is 92.1 Å². The van der Waals surface area contributed by atoms with Gasteiger partial charge in [-0.2, -0.15) is 0 Å². The van der Waals surface area contributed by atoms with E-state index in [-0.39, 0.29) is 41.6 Å². The van der Waals surface area contributed by atoms with Gasteiger partial charge in [0.25, 0.3) is 5.91 Å². The Morgan fingerprint density at radius 3 is 2.20 bits per heavy atom. The molecule has 2 saturated carbocycles. The van der Waals surface area contributed by atoms with Crippen LogP contribution in [0.5, 0.6) is 0 Å². The molecule has 6 nitrogen and oxygen atoms in total. The van der Waals surface area contributed by atoms with Crippen LogP contribution in [0.3, 0.4) is 0 Å². The lowest BCUT2D eigenvalue weighted by molar-refractivity contribution is -0.140. The molecule has 41 heavy (non-hydrogen) atoms. The molecule has 1 aliphatic heterocycles. The lowest BCUT2D eigenvalue weighted by Gasteiger charge is -2.38. The third kappa shape index (κ3) is 7.55. The largest absolute Gasteiger partial charge is 0.353 e. The molecule has 0 unspecified atom stereocenters. The molecule has 7 heteroatoms. The molecule has 5 rings (SSSR count).